The van der Waals surface area contributed by atoms with Crippen molar-refractivity contribution in [2.75, 3.05) is 33.7 Å². The lowest BCUT2D eigenvalue weighted by Gasteiger charge is -2.53. The van der Waals surface area contributed by atoms with E-state index in [9.17, 15) is 0 Å². The van der Waals surface area contributed by atoms with Crippen LogP contribution in [0.15, 0.2) is 0 Å². The molecule has 3 nitrogen and oxygen atoms in total. The lowest BCUT2D eigenvalue weighted by Crippen LogP contribution is -2.68. The maximum atomic E-state index is 3.66. The maximum Gasteiger partial charge on any atom is 0.0323 e. The van der Waals surface area contributed by atoms with Gasteiger partial charge in [-0.1, -0.05) is 0 Å². The van der Waals surface area contributed by atoms with Gasteiger partial charge >= 0.3 is 0 Å². The first kappa shape index (κ1) is 13.9. The molecule has 0 aromatic rings. The molecule has 0 aromatic carbocycles. The number of hydrogen-bond acceptors (Lipinski definition) is 3. The summed E-state index contributed by atoms with van der Waals surface area (Å²) >= 11 is 0. The van der Waals surface area contributed by atoms with E-state index in [2.05, 4.69) is 63.8 Å². The molecule has 0 saturated carbocycles. The van der Waals surface area contributed by atoms with Crippen molar-refractivity contribution in [2.45, 2.75) is 51.7 Å². The zero-order chi connectivity index (χ0) is 12.6. The molecule has 0 aromatic heterocycles. The summed E-state index contributed by atoms with van der Waals surface area (Å²) in [6, 6.07) is 0.585. The second-order valence-electron chi connectivity index (χ2n) is 6.93. The number of piperazine rings is 1. The van der Waals surface area contributed by atoms with Crippen LogP contribution in [-0.2, 0) is 0 Å². The third-order valence-electron chi connectivity index (χ3n) is 3.35. The number of nitrogens with zero attached hydrogens (tertiary/aromatic N) is 2. The van der Waals surface area contributed by atoms with Gasteiger partial charge in [0.1, 0.15) is 0 Å². The van der Waals surface area contributed by atoms with E-state index in [0.29, 0.717) is 6.04 Å². The summed E-state index contributed by atoms with van der Waals surface area (Å²) < 4.78 is 0. The first-order valence-electron chi connectivity index (χ1n) is 6.29. The standard InChI is InChI=1S/C13H29N3/c1-12(2,3)16-9-11(8-15(6)7)14-10-13(16,4)5/h11,14H,8-10H2,1-7H3. The van der Waals surface area contributed by atoms with E-state index in [4.69, 9.17) is 0 Å². The Hall–Kier alpha value is -0.120. The predicted molar refractivity (Wildman–Crippen MR) is 70.9 cm³/mol. The molecule has 0 bridgehead atoms. The van der Waals surface area contributed by atoms with Crippen LogP contribution >= 0.6 is 0 Å². The molecule has 1 rings (SSSR count). The van der Waals surface area contributed by atoms with Gasteiger partial charge in [0, 0.05) is 36.8 Å². The largest absolute Gasteiger partial charge is 0.310 e. The summed E-state index contributed by atoms with van der Waals surface area (Å²) in [4.78, 5) is 4.89. The lowest BCUT2D eigenvalue weighted by atomic mass is 9.90. The van der Waals surface area contributed by atoms with E-state index in [-0.39, 0.29) is 11.1 Å². The quantitative estimate of drug-likeness (QED) is 0.769. The summed E-state index contributed by atoms with van der Waals surface area (Å²) in [6.07, 6.45) is 0. The van der Waals surface area contributed by atoms with Crippen molar-refractivity contribution in [3.05, 3.63) is 0 Å². The van der Waals surface area contributed by atoms with Gasteiger partial charge in [0.05, 0.1) is 0 Å². The highest BCUT2D eigenvalue weighted by Gasteiger charge is 2.39. The van der Waals surface area contributed by atoms with Crippen molar-refractivity contribution in [1.82, 2.24) is 15.1 Å². The van der Waals surface area contributed by atoms with Crippen molar-refractivity contribution in [1.29, 1.82) is 0 Å². The summed E-state index contributed by atoms with van der Waals surface area (Å²) in [5.74, 6) is 0. The molecule has 1 heterocycles. The minimum atomic E-state index is 0.246. The van der Waals surface area contributed by atoms with Gasteiger partial charge in [0.25, 0.3) is 0 Å². The molecule has 16 heavy (non-hydrogen) atoms. The molecule has 1 aliphatic rings. The topological polar surface area (TPSA) is 18.5 Å². The molecule has 1 N–H and O–H groups in total. The first-order valence-corrected chi connectivity index (χ1v) is 6.29. The first-order chi connectivity index (χ1) is 7.13. The SMILES string of the molecule is CN(C)CC1CN(C(C)(C)C)C(C)(C)CN1. The van der Waals surface area contributed by atoms with Crippen LogP contribution in [0.5, 0.6) is 0 Å². The molecule has 1 fully saturated rings. The maximum absolute atomic E-state index is 3.66. The molecule has 0 radical (unpaired) electrons. The van der Waals surface area contributed by atoms with Crippen LogP contribution in [0.2, 0.25) is 0 Å². The highest BCUT2D eigenvalue weighted by Crippen LogP contribution is 2.27. The predicted octanol–water partition coefficient (Wildman–Crippen LogP) is 1.40. The summed E-state index contributed by atoms with van der Waals surface area (Å²) in [7, 11) is 4.28. The molecule has 3 heteroatoms. The fraction of sp³-hybridized carbons (Fsp3) is 1.00. The number of hydrogen-bond donors (Lipinski definition) is 1. The van der Waals surface area contributed by atoms with Crippen molar-refractivity contribution >= 4 is 0 Å². The second kappa shape index (κ2) is 4.63. The van der Waals surface area contributed by atoms with Crippen molar-refractivity contribution in [2.24, 2.45) is 0 Å². The van der Waals surface area contributed by atoms with E-state index < -0.39 is 0 Å². The van der Waals surface area contributed by atoms with Crippen LogP contribution in [0.4, 0.5) is 0 Å². The minimum Gasteiger partial charge on any atom is -0.310 e. The molecule has 0 spiro atoms. The van der Waals surface area contributed by atoms with Crippen LogP contribution in [0.3, 0.4) is 0 Å². The summed E-state index contributed by atoms with van der Waals surface area (Å²) in [5, 5.41) is 3.66. The van der Waals surface area contributed by atoms with Crippen LogP contribution in [0, 0.1) is 0 Å². The second-order valence-corrected chi connectivity index (χ2v) is 6.93. The smallest absolute Gasteiger partial charge is 0.0323 e. The number of nitrogens with one attached hydrogen (secondary N) is 1. The molecule has 1 saturated heterocycles. The number of rotatable bonds is 2. The van der Waals surface area contributed by atoms with Gasteiger partial charge in [-0.3, -0.25) is 4.90 Å². The highest BCUT2D eigenvalue weighted by atomic mass is 15.3. The van der Waals surface area contributed by atoms with Gasteiger partial charge in [-0.25, -0.2) is 0 Å². The van der Waals surface area contributed by atoms with E-state index in [1.165, 1.54) is 0 Å². The van der Waals surface area contributed by atoms with E-state index >= 15 is 0 Å². The summed E-state index contributed by atoms with van der Waals surface area (Å²) in [5.41, 5.74) is 0.497. The zero-order valence-electron chi connectivity index (χ0n) is 12.1. The van der Waals surface area contributed by atoms with Gasteiger partial charge in [-0.15, -0.1) is 0 Å². The van der Waals surface area contributed by atoms with Gasteiger partial charge in [-0.2, -0.15) is 0 Å². The van der Waals surface area contributed by atoms with E-state index in [0.717, 1.165) is 19.6 Å². The molecule has 1 aliphatic heterocycles. The Kier molecular flexibility index (Phi) is 4.04. The van der Waals surface area contributed by atoms with Crippen LogP contribution in [0.25, 0.3) is 0 Å². The third kappa shape index (κ3) is 3.44. The Labute approximate surface area is 101 Å². The van der Waals surface area contributed by atoms with Gasteiger partial charge in [0.2, 0.25) is 0 Å². The van der Waals surface area contributed by atoms with Gasteiger partial charge in [0.15, 0.2) is 0 Å². The van der Waals surface area contributed by atoms with Crippen molar-refractivity contribution in [3.63, 3.8) is 0 Å². The molecule has 1 unspecified atom stereocenters. The Morgan fingerprint density at radius 3 is 2.31 bits per heavy atom. The van der Waals surface area contributed by atoms with Crippen LogP contribution in [-0.4, -0.2) is 60.6 Å². The van der Waals surface area contributed by atoms with E-state index in [1.807, 2.05) is 0 Å². The molecular weight excluding hydrogens is 198 g/mol. The zero-order valence-corrected chi connectivity index (χ0v) is 12.1. The minimum absolute atomic E-state index is 0.246. The normalized spacial score (nSPS) is 27.4. The Balaban J connectivity index is 2.71. The highest BCUT2D eigenvalue weighted by molar-refractivity contribution is 4.98. The molecule has 0 aliphatic carbocycles. The summed E-state index contributed by atoms with van der Waals surface area (Å²) in [6.45, 7) is 14.9. The van der Waals surface area contributed by atoms with Crippen LogP contribution < -0.4 is 5.32 Å². The van der Waals surface area contributed by atoms with E-state index in [1.54, 1.807) is 0 Å². The molecule has 96 valence electrons. The van der Waals surface area contributed by atoms with Crippen LogP contribution in [0.1, 0.15) is 34.6 Å². The fourth-order valence-electron chi connectivity index (χ4n) is 2.77. The Bertz CT molecular complexity index is 228. The van der Waals surface area contributed by atoms with Crippen molar-refractivity contribution < 1.29 is 0 Å². The number of likely N-dealkylation sites (N-methyl/N-ethyl adjacent to an activating group) is 1. The monoisotopic (exact) mass is 227 g/mol. The molecule has 0 amide bonds. The van der Waals surface area contributed by atoms with Gasteiger partial charge < -0.3 is 10.2 Å². The Morgan fingerprint density at radius 2 is 1.88 bits per heavy atom. The Morgan fingerprint density at radius 1 is 1.31 bits per heavy atom. The average Bonchev–Trinajstić information content (AvgIpc) is 2.05. The lowest BCUT2D eigenvalue weighted by molar-refractivity contribution is -0.0126. The molecular formula is C13H29N3. The fourth-order valence-corrected chi connectivity index (χ4v) is 2.77. The van der Waals surface area contributed by atoms with Crippen molar-refractivity contribution in [3.8, 4) is 0 Å². The molecule has 1 atom stereocenters. The third-order valence-corrected chi connectivity index (χ3v) is 3.35. The average molecular weight is 227 g/mol. The van der Waals surface area contributed by atoms with Gasteiger partial charge in [-0.05, 0) is 48.7 Å².